The second-order valence-corrected chi connectivity index (χ2v) is 5.55. The van der Waals surface area contributed by atoms with E-state index in [1.165, 1.54) is 11.0 Å². The molecular weight excluding hydrogens is 286 g/mol. The van der Waals surface area contributed by atoms with Gasteiger partial charge in [-0.25, -0.2) is 0 Å². The third-order valence-electron chi connectivity index (χ3n) is 3.40. The van der Waals surface area contributed by atoms with Crippen LogP contribution in [0.3, 0.4) is 0 Å². The van der Waals surface area contributed by atoms with Crippen molar-refractivity contribution in [3.63, 3.8) is 0 Å². The number of para-hydroxylation sites is 2. The summed E-state index contributed by atoms with van der Waals surface area (Å²) in [6, 6.07) is 6.29. The van der Waals surface area contributed by atoms with Crippen molar-refractivity contribution in [3.8, 4) is 0 Å². The highest BCUT2D eigenvalue weighted by Gasteiger charge is 2.18. The molecule has 0 saturated heterocycles. The number of hydrogen-bond acceptors (Lipinski definition) is 5. The summed E-state index contributed by atoms with van der Waals surface area (Å²) in [5.74, 6) is -0.0943. The lowest BCUT2D eigenvalue weighted by molar-refractivity contribution is -0.384. The van der Waals surface area contributed by atoms with Crippen LogP contribution in [0.25, 0.3) is 0 Å². The van der Waals surface area contributed by atoms with Gasteiger partial charge in [-0.3, -0.25) is 14.9 Å². The van der Waals surface area contributed by atoms with E-state index < -0.39 is 11.0 Å². The predicted molar refractivity (Wildman–Crippen MR) is 84.8 cm³/mol. The van der Waals surface area contributed by atoms with Crippen molar-refractivity contribution >= 4 is 17.3 Å². The van der Waals surface area contributed by atoms with Crippen LogP contribution in [0.15, 0.2) is 24.3 Å². The van der Waals surface area contributed by atoms with Crippen LogP contribution >= 0.6 is 0 Å². The van der Waals surface area contributed by atoms with Gasteiger partial charge in [0.05, 0.1) is 17.6 Å². The van der Waals surface area contributed by atoms with Crippen LogP contribution in [0, 0.1) is 16.0 Å². The topological polar surface area (TPSA) is 95.7 Å². The summed E-state index contributed by atoms with van der Waals surface area (Å²) in [6.45, 7) is 4.22. The van der Waals surface area contributed by atoms with Gasteiger partial charge in [0.25, 0.3) is 5.69 Å². The molecule has 0 aliphatic rings. The molecule has 1 unspecified atom stereocenters. The van der Waals surface area contributed by atoms with E-state index >= 15 is 0 Å². The van der Waals surface area contributed by atoms with Crippen molar-refractivity contribution in [2.24, 2.45) is 5.92 Å². The number of aliphatic hydroxyl groups excluding tert-OH is 1. The Bertz CT molecular complexity index is 519. The third kappa shape index (κ3) is 5.33. The zero-order valence-electron chi connectivity index (χ0n) is 13.2. The Morgan fingerprint density at radius 2 is 2.05 bits per heavy atom. The fourth-order valence-corrected chi connectivity index (χ4v) is 1.99. The van der Waals surface area contributed by atoms with Crippen LogP contribution in [-0.4, -0.2) is 42.2 Å². The number of benzene rings is 1. The number of amides is 1. The molecule has 0 spiro atoms. The van der Waals surface area contributed by atoms with E-state index in [4.69, 9.17) is 0 Å². The second-order valence-electron chi connectivity index (χ2n) is 5.55. The lowest BCUT2D eigenvalue weighted by atomic mass is 10.0. The molecule has 7 nitrogen and oxygen atoms in total. The molecule has 22 heavy (non-hydrogen) atoms. The standard InChI is InChI=1S/C15H23N3O4/c1-11(2)14(19)8-9-16-15(20)10-17(3)12-6-4-5-7-13(12)18(21)22/h4-7,11,14,19H,8-10H2,1-3H3,(H,16,20). The molecular formula is C15H23N3O4. The minimum absolute atomic E-state index is 0.0165. The first kappa shape index (κ1) is 17.9. The van der Waals surface area contributed by atoms with Gasteiger partial charge in [0.15, 0.2) is 0 Å². The van der Waals surface area contributed by atoms with Gasteiger partial charge in [-0.05, 0) is 18.4 Å². The molecule has 0 heterocycles. The van der Waals surface area contributed by atoms with Crippen molar-refractivity contribution < 1.29 is 14.8 Å². The highest BCUT2D eigenvalue weighted by atomic mass is 16.6. The fourth-order valence-electron chi connectivity index (χ4n) is 1.99. The number of likely N-dealkylation sites (N-methyl/N-ethyl adjacent to an activating group) is 1. The van der Waals surface area contributed by atoms with Gasteiger partial charge in [0, 0.05) is 19.7 Å². The quantitative estimate of drug-likeness (QED) is 0.561. The monoisotopic (exact) mass is 309 g/mol. The van der Waals surface area contributed by atoms with E-state index in [2.05, 4.69) is 5.32 Å². The SMILES string of the molecule is CC(C)C(O)CCNC(=O)CN(C)c1ccccc1[N+](=O)[O-]. The molecule has 0 aliphatic carbocycles. The first-order valence-electron chi connectivity index (χ1n) is 7.22. The normalized spacial score (nSPS) is 12.0. The molecule has 122 valence electrons. The minimum Gasteiger partial charge on any atom is -0.393 e. The first-order chi connectivity index (χ1) is 10.3. The first-order valence-corrected chi connectivity index (χ1v) is 7.22. The summed E-state index contributed by atoms with van der Waals surface area (Å²) in [5.41, 5.74) is 0.359. The van der Waals surface area contributed by atoms with Crippen LogP contribution in [0.1, 0.15) is 20.3 Å². The van der Waals surface area contributed by atoms with Crippen molar-refractivity contribution in [2.75, 3.05) is 25.0 Å². The lowest BCUT2D eigenvalue weighted by Gasteiger charge is -2.19. The Morgan fingerprint density at radius 3 is 2.64 bits per heavy atom. The van der Waals surface area contributed by atoms with Gasteiger partial charge in [0.2, 0.25) is 5.91 Å². The molecule has 0 aliphatic heterocycles. The molecule has 1 atom stereocenters. The van der Waals surface area contributed by atoms with Crippen molar-refractivity contribution in [2.45, 2.75) is 26.4 Å². The van der Waals surface area contributed by atoms with Gasteiger partial charge in [-0.15, -0.1) is 0 Å². The number of rotatable bonds is 8. The van der Waals surface area contributed by atoms with Crippen molar-refractivity contribution in [1.82, 2.24) is 5.32 Å². The molecule has 1 aromatic carbocycles. The lowest BCUT2D eigenvalue weighted by Crippen LogP contribution is -2.37. The molecule has 0 aromatic heterocycles. The number of hydrogen-bond donors (Lipinski definition) is 2. The molecule has 1 amide bonds. The molecule has 7 heteroatoms. The molecule has 0 saturated carbocycles. The van der Waals surface area contributed by atoms with Crippen LogP contribution in [-0.2, 0) is 4.79 Å². The molecule has 0 radical (unpaired) electrons. The zero-order chi connectivity index (χ0) is 16.7. The highest BCUT2D eigenvalue weighted by molar-refractivity contribution is 5.82. The molecule has 0 fully saturated rings. The summed E-state index contributed by atoms with van der Waals surface area (Å²) < 4.78 is 0. The summed E-state index contributed by atoms with van der Waals surface area (Å²) in [7, 11) is 1.63. The maximum Gasteiger partial charge on any atom is 0.292 e. The number of nitro benzene ring substituents is 1. The van der Waals surface area contributed by atoms with E-state index in [9.17, 15) is 20.0 Å². The van der Waals surface area contributed by atoms with E-state index in [0.717, 1.165) is 0 Å². The van der Waals surface area contributed by atoms with Gasteiger partial charge >= 0.3 is 0 Å². The number of aliphatic hydroxyl groups is 1. The number of nitrogens with zero attached hydrogens (tertiary/aromatic N) is 2. The van der Waals surface area contributed by atoms with E-state index in [1.807, 2.05) is 13.8 Å². The molecule has 1 rings (SSSR count). The summed E-state index contributed by atoms with van der Waals surface area (Å²) >= 11 is 0. The smallest absolute Gasteiger partial charge is 0.292 e. The molecule has 1 aromatic rings. The Kier molecular flexibility index (Phi) is 6.78. The second kappa shape index (κ2) is 8.33. The molecule has 2 N–H and O–H groups in total. The van der Waals surface area contributed by atoms with Crippen LogP contribution in [0.5, 0.6) is 0 Å². The van der Waals surface area contributed by atoms with Crippen LogP contribution in [0.4, 0.5) is 11.4 Å². The number of anilines is 1. The third-order valence-corrected chi connectivity index (χ3v) is 3.40. The number of carbonyl (C=O) groups is 1. The Hall–Kier alpha value is -2.15. The largest absolute Gasteiger partial charge is 0.393 e. The maximum atomic E-state index is 11.9. The Labute approximate surface area is 130 Å². The van der Waals surface area contributed by atoms with Gasteiger partial charge < -0.3 is 15.3 Å². The van der Waals surface area contributed by atoms with Crippen molar-refractivity contribution in [1.29, 1.82) is 0 Å². The summed E-state index contributed by atoms with van der Waals surface area (Å²) in [6.07, 6.45) is 0.0340. The van der Waals surface area contributed by atoms with Gasteiger partial charge in [-0.1, -0.05) is 26.0 Å². The minimum atomic E-state index is -0.470. The zero-order valence-corrected chi connectivity index (χ0v) is 13.2. The van der Waals surface area contributed by atoms with Gasteiger partial charge in [-0.2, -0.15) is 0 Å². The predicted octanol–water partition coefficient (Wildman–Crippen LogP) is 1.55. The average Bonchev–Trinajstić information content (AvgIpc) is 2.46. The molecule has 0 bridgehead atoms. The van der Waals surface area contributed by atoms with Crippen molar-refractivity contribution in [3.05, 3.63) is 34.4 Å². The van der Waals surface area contributed by atoms with E-state index in [-0.39, 0.29) is 24.1 Å². The fraction of sp³-hybridized carbons (Fsp3) is 0.533. The van der Waals surface area contributed by atoms with E-state index in [1.54, 1.807) is 25.2 Å². The average molecular weight is 309 g/mol. The van der Waals surface area contributed by atoms with Gasteiger partial charge in [0.1, 0.15) is 5.69 Å². The van der Waals surface area contributed by atoms with Crippen LogP contribution in [0.2, 0.25) is 0 Å². The number of nitrogens with one attached hydrogen (secondary N) is 1. The number of nitro groups is 1. The summed E-state index contributed by atoms with van der Waals surface area (Å²) in [4.78, 5) is 23.9. The highest BCUT2D eigenvalue weighted by Crippen LogP contribution is 2.26. The Balaban J connectivity index is 2.53. The summed E-state index contributed by atoms with van der Waals surface area (Å²) in [5, 5.41) is 23.3. The Morgan fingerprint density at radius 1 is 1.41 bits per heavy atom. The van der Waals surface area contributed by atoms with Crippen LogP contribution < -0.4 is 10.2 Å². The maximum absolute atomic E-state index is 11.9. The van der Waals surface area contributed by atoms with E-state index in [0.29, 0.717) is 18.7 Å². The number of carbonyl (C=O) groups excluding carboxylic acids is 1.